The first-order valence-corrected chi connectivity index (χ1v) is 26.6. The summed E-state index contributed by atoms with van der Waals surface area (Å²) in [6.07, 6.45) is 0.0833. The van der Waals surface area contributed by atoms with Crippen molar-refractivity contribution in [1.82, 2.24) is 20.6 Å². The third-order valence-electron chi connectivity index (χ3n) is 12.2. The van der Waals surface area contributed by atoms with E-state index in [1.807, 2.05) is 92.7 Å². The Labute approximate surface area is 444 Å². The summed E-state index contributed by atoms with van der Waals surface area (Å²) >= 11 is 0. The Hall–Kier alpha value is -6.32. The van der Waals surface area contributed by atoms with Crippen LogP contribution in [0.1, 0.15) is 96.4 Å². The summed E-state index contributed by atoms with van der Waals surface area (Å²) in [5.74, 6) is 0.515. The highest BCUT2D eigenvalue weighted by atomic mass is 31.2. The van der Waals surface area contributed by atoms with E-state index in [4.69, 9.17) is 38.5 Å². The lowest BCUT2D eigenvalue weighted by Gasteiger charge is -2.39. The van der Waals surface area contributed by atoms with Crippen LogP contribution in [0.2, 0.25) is 0 Å². The van der Waals surface area contributed by atoms with E-state index in [2.05, 4.69) is 59.7 Å². The zero-order chi connectivity index (χ0) is 54.8. The van der Waals surface area contributed by atoms with Crippen LogP contribution in [0.4, 0.5) is 15.3 Å². The van der Waals surface area contributed by atoms with Crippen molar-refractivity contribution in [3.8, 4) is 17.6 Å². The third kappa shape index (κ3) is 19.7. The molecule has 4 aromatic rings. The van der Waals surface area contributed by atoms with Gasteiger partial charge < -0.3 is 59.7 Å². The molecule has 0 aliphatic carbocycles. The van der Waals surface area contributed by atoms with Crippen LogP contribution in [0.15, 0.2) is 103 Å². The monoisotopic (exact) mass is 1060 g/mol. The Morgan fingerprint density at radius 1 is 0.720 bits per heavy atom. The summed E-state index contributed by atoms with van der Waals surface area (Å²) < 4.78 is 45.5. The standard InChI is InChI=1S/C56H78N7O11P/c1-39(2)42(7)52(64)62-51(18-13-32-59-54(58)66)53(65)61-47-25-19-43(20-26-47)36-71-55(67)60-33-15-34-70-37-50(74-75(73-35-14-31-57)63(40(3)4)41(5)6)38-72-56(44-16-11-10-12-17-44,45-21-27-48(68-8)28-22-45)46-23-29-49(69-9)30-24-46/h10-12,16-17,19-30,39-42,50-51H,13-15,18,32-38H2,1-9H3,(H,60,67)(H,61,65)(H,62,64)(H3,58,59,66)/t42-,50?,51-,75?/m0/s1. The number of nitrogens with two attached hydrogens (primary N) is 1. The molecule has 0 spiro atoms. The second-order valence-corrected chi connectivity index (χ2v) is 20.1. The van der Waals surface area contributed by atoms with Gasteiger partial charge in [-0.05, 0) is 112 Å². The highest BCUT2D eigenvalue weighted by Crippen LogP contribution is 2.48. The number of anilines is 1. The largest absolute Gasteiger partial charge is 0.497 e. The second-order valence-electron chi connectivity index (χ2n) is 18.7. The summed E-state index contributed by atoms with van der Waals surface area (Å²) in [6, 6.07) is 33.1. The van der Waals surface area contributed by atoms with Crippen molar-refractivity contribution in [2.24, 2.45) is 17.6 Å². The molecule has 2 unspecified atom stereocenters. The van der Waals surface area contributed by atoms with E-state index in [1.54, 1.807) is 45.4 Å². The van der Waals surface area contributed by atoms with Crippen LogP contribution in [0, 0.1) is 23.2 Å². The number of hydrogen-bond acceptors (Lipinski definition) is 13. The van der Waals surface area contributed by atoms with Gasteiger partial charge in [0.2, 0.25) is 11.8 Å². The minimum Gasteiger partial charge on any atom is -0.497 e. The van der Waals surface area contributed by atoms with Crippen molar-refractivity contribution in [1.29, 1.82) is 5.26 Å². The van der Waals surface area contributed by atoms with Gasteiger partial charge in [0, 0.05) is 43.4 Å². The van der Waals surface area contributed by atoms with E-state index in [-0.39, 0.29) is 88.8 Å². The Kier molecular flexibility index (Phi) is 26.3. The lowest BCUT2D eigenvalue weighted by Crippen LogP contribution is -2.46. The summed E-state index contributed by atoms with van der Waals surface area (Å²) in [5.41, 5.74) is 7.80. The fraction of sp³-hybridized carbons (Fsp3) is 0.482. The first-order chi connectivity index (χ1) is 36.0. The van der Waals surface area contributed by atoms with Gasteiger partial charge in [0.1, 0.15) is 35.9 Å². The second kappa shape index (κ2) is 32.2. The van der Waals surface area contributed by atoms with Crippen molar-refractivity contribution >= 4 is 38.2 Å². The number of carbonyl (C=O) groups excluding carboxylic acids is 4. The van der Waals surface area contributed by atoms with E-state index in [1.165, 1.54) is 0 Å². The lowest BCUT2D eigenvalue weighted by atomic mass is 9.80. The lowest BCUT2D eigenvalue weighted by molar-refractivity contribution is -0.130. The third-order valence-corrected chi connectivity index (χ3v) is 14.4. The van der Waals surface area contributed by atoms with E-state index >= 15 is 0 Å². The Morgan fingerprint density at radius 3 is 1.85 bits per heavy atom. The number of rotatable bonds is 33. The average Bonchev–Trinajstić information content (AvgIpc) is 3.40. The number of ether oxygens (including phenoxy) is 5. The van der Waals surface area contributed by atoms with Crippen LogP contribution in [0.5, 0.6) is 11.5 Å². The molecule has 0 aliphatic rings. The van der Waals surface area contributed by atoms with Gasteiger partial charge in [-0.3, -0.25) is 9.59 Å². The predicted octanol–water partition coefficient (Wildman–Crippen LogP) is 9.17. The van der Waals surface area contributed by atoms with Gasteiger partial charge in [-0.1, -0.05) is 87.5 Å². The molecule has 0 aliphatic heterocycles. The topological polar surface area (TPSA) is 234 Å². The number of carbonyl (C=O) groups is 4. The van der Waals surface area contributed by atoms with Crippen molar-refractivity contribution < 1.29 is 51.9 Å². The number of nitrogens with zero attached hydrogens (tertiary/aromatic N) is 2. The SMILES string of the molecule is COc1ccc(C(OCC(COCCCNC(=O)OCc2ccc(NC(=O)[C@H](CCCNC(N)=O)NC(=O)[C@@H](C)C(C)C)cc2)OP(OCCC#N)N(C(C)C)C(C)C)(c2ccccc2)c2ccc(OC)cc2)cc1. The average molecular weight is 1060 g/mol. The normalized spacial score (nSPS) is 13.1. The van der Waals surface area contributed by atoms with Crippen molar-refractivity contribution in [2.75, 3.05) is 59.1 Å². The Bertz CT molecular complexity index is 2320. The number of amides is 5. The maximum atomic E-state index is 13.3. The molecule has 0 fully saturated rings. The number of nitrogens with one attached hydrogen (secondary N) is 4. The molecule has 0 aromatic heterocycles. The molecule has 4 atom stereocenters. The fourth-order valence-electron chi connectivity index (χ4n) is 7.91. The quantitative estimate of drug-likeness (QED) is 0.0170. The van der Waals surface area contributed by atoms with Gasteiger partial charge in [-0.25, -0.2) is 14.3 Å². The molecule has 5 amide bonds. The molecule has 18 nitrogen and oxygen atoms in total. The van der Waals surface area contributed by atoms with Crippen LogP contribution >= 0.6 is 8.53 Å². The zero-order valence-electron chi connectivity index (χ0n) is 45.0. The summed E-state index contributed by atoms with van der Waals surface area (Å²) in [5, 5.41) is 20.4. The van der Waals surface area contributed by atoms with Crippen LogP contribution < -0.4 is 36.5 Å². The fourth-order valence-corrected chi connectivity index (χ4v) is 9.59. The molecule has 0 saturated heterocycles. The molecule has 75 heavy (non-hydrogen) atoms. The molecule has 0 radical (unpaired) electrons. The number of nitriles is 1. The summed E-state index contributed by atoms with van der Waals surface area (Å²) in [7, 11) is 1.57. The number of hydrogen-bond donors (Lipinski definition) is 5. The van der Waals surface area contributed by atoms with Crippen molar-refractivity contribution in [3.05, 3.63) is 125 Å². The number of benzene rings is 4. The van der Waals surface area contributed by atoms with Gasteiger partial charge in [0.25, 0.3) is 8.53 Å². The minimum absolute atomic E-state index is 0.0189. The van der Waals surface area contributed by atoms with Gasteiger partial charge in [0.15, 0.2) is 0 Å². The first-order valence-electron chi connectivity index (χ1n) is 25.5. The highest BCUT2D eigenvalue weighted by molar-refractivity contribution is 7.44. The molecule has 0 saturated carbocycles. The van der Waals surface area contributed by atoms with Gasteiger partial charge in [-0.2, -0.15) is 5.26 Å². The summed E-state index contributed by atoms with van der Waals surface area (Å²) in [6.45, 7) is 15.1. The van der Waals surface area contributed by atoms with E-state index < -0.39 is 44.3 Å². The van der Waals surface area contributed by atoms with E-state index in [9.17, 15) is 24.4 Å². The van der Waals surface area contributed by atoms with E-state index in [0.717, 1.165) is 16.7 Å². The van der Waals surface area contributed by atoms with Gasteiger partial charge in [-0.15, -0.1) is 0 Å². The predicted molar refractivity (Wildman–Crippen MR) is 290 cm³/mol. The molecule has 4 aromatic carbocycles. The molecule has 0 heterocycles. The van der Waals surface area contributed by atoms with Gasteiger partial charge in [0.05, 0.1) is 46.5 Å². The molecule has 0 bridgehead atoms. The smallest absolute Gasteiger partial charge is 0.407 e. The molecule has 19 heteroatoms. The first kappa shape index (κ1) is 61.2. The van der Waals surface area contributed by atoms with Crippen LogP contribution in [-0.2, 0) is 45.1 Å². The summed E-state index contributed by atoms with van der Waals surface area (Å²) in [4.78, 5) is 50.1. The number of primary amides is 1. The van der Waals surface area contributed by atoms with E-state index in [0.29, 0.717) is 35.6 Å². The molecule has 408 valence electrons. The maximum absolute atomic E-state index is 13.3. The van der Waals surface area contributed by atoms with Crippen LogP contribution in [0.3, 0.4) is 0 Å². The number of alkyl carbamates (subject to hydrolysis) is 1. The molecule has 6 N–H and O–H groups in total. The van der Waals surface area contributed by atoms with Gasteiger partial charge >= 0.3 is 12.1 Å². The Morgan fingerprint density at radius 2 is 1.31 bits per heavy atom. The number of urea groups is 1. The van der Waals surface area contributed by atoms with Crippen molar-refractivity contribution in [3.63, 3.8) is 0 Å². The van der Waals surface area contributed by atoms with Crippen molar-refractivity contribution in [2.45, 2.75) is 111 Å². The Balaban J connectivity index is 1.42. The maximum Gasteiger partial charge on any atom is 0.407 e. The molecule has 4 rings (SSSR count). The highest BCUT2D eigenvalue weighted by Gasteiger charge is 2.40. The minimum atomic E-state index is -1.69. The van der Waals surface area contributed by atoms with Crippen LogP contribution in [0.25, 0.3) is 0 Å². The molecular formula is C56H78N7O11P. The number of methoxy groups -OCH3 is 2. The molecular weight excluding hydrogens is 978 g/mol. The van der Waals surface area contributed by atoms with Crippen LogP contribution in [-0.4, -0.2) is 107 Å². The zero-order valence-corrected chi connectivity index (χ0v) is 45.9.